The van der Waals surface area contributed by atoms with Gasteiger partial charge in [-0.05, 0) is 67.1 Å². The third kappa shape index (κ3) is 8.38. The van der Waals surface area contributed by atoms with Gasteiger partial charge in [0.15, 0.2) is 6.29 Å². The maximum Gasteiger partial charge on any atom is 0.151 e. The van der Waals surface area contributed by atoms with Gasteiger partial charge in [-0.2, -0.15) is 0 Å². The number of aromatic nitrogens is 1. The molecule has 2 aromatic heterocycles. The van der Waals surface area contributed by atoms with Gasteiger partial charge in [0.25, 0.3) is 0 Å². The van der Waals surface area contributed by atoms with Crippen LogP contribution >= 0.6 is 0 Å². The second-order valence-corrected chi connectivity index (χ2v) is 6.36. The van der Waals surface area contributed by atoms with E-state index in [9.17, 15) is 4.79 Å². The fourth-order valence-electron chi connectivity index (χ4n) is 2.76. The number of nitrogens with zero attached hydrogens (tertiary/aromatic N) is 1. The van der Waals surface area contributed by atoms with Crippen LogP contribution < -0.4 is 16.0 Å². The molecule has 31 heavy (non-hydrogen) atoms. The van der Waals surface area contributed by atoms with Crippen LogP contribution in [-0.4, -0.2) is 24.9 Å². The van der Waals surface area contributed by atoms with Crippen molar-refractivity contribution in [1.29, 1.82) is 0 Å². The Labute approximate surface area is 185 Å². The van der Waals surface area contributed by atoms with Crippen LogP contribution in [0, 0.1) is 6.92 Å². The first kappa shape index (κ1) is 25.5. The summed E-state index contributed by atoms with van der Waals surface area (Å²) in [5.41, 5.74) is 6.09. The van der Waals surface area contributed by atoms with E-state index in [4.69, 9.17) is 4.42 Å². The standard InChI is InChI=1S/C13H14N2O2.C10H14N2.C2H6/c1-2-14-13-12(5-10-3-4-17-9-10)6-11(8-16)7-15-13;1-4-12-10-6-5-9(11-3)7-8(10)2;1-2/h3-4,6-9H,2,5H2,1H3,(H,14,15);4-7,11-12H,1H2,2-3H3;1-2H3. The van der Waals surface area contributed by atoms with Gasteiger partial charge in [0.2, 0.25) is 0 Å². The van der Waals surface area contributed by atoms with E-state index in [1.165, 1.54) is 5.56 Å². The molecule has 0 fully saturated rings. The van der Waals surface area contributed by atoms with Crippen molar-refractivity contribution >= 4 is 23.5 Å². The lowest BCUT2D eigenvalue weighted by molar-refractivity contribution is 0.112. The monoisotopic (exact) mass is 422 g/mol. The van der Waals surface area contributed by atoms with Crippen molar-refractivity contribution in [2.75, 3.05) is 29.5 Å². The average molecular weight is 423 g/mol. The summed E-state index contributed by atoms with van der Waals surface area (Å²) < 4.78 is 5.03. The predicted octanol–water partition coefficient (Wildman–Crippen LogP) is 6.13. The number of nitrogens with one attached hydrogen (secondary N) is 3. The highest BCUT2D eigenvalue weighted by Crippen LogP contribution is 2.19. The quantitative estimate of drug-likeness (QED) is 0.379. The lowest BCUT2D eigenvalue weighted by Crippen LogP contribution is -2.04. The molecule has 3 aromatic rings. The second kappa shape index (κ2) is 14.4. The van der Waals surface area contributed by atoms with Crippen LogP contribution in [0.1, 0.15) is 47.8 Å². The Morgan fingerprint density at radius 2 is 1.97 bits per heavy atom. The highest BCUT2D eigenvalue weighted by Gasteiger charge is 2.06. The molecule has 2 heterocycles. The van der Waals surface area contributed by atoms with E-state index in [1.807, 2.05) is 52.1 Å². The van der Waals surface area contributed by atoms with Gasteiger partial charge in [-0.15, -0.1) is 0 Å². The van der Waals surface area contributed by atoms with E-state index < -0.39 is 0 Å². The normalized spacial score (nSPS) is 9.32. The molecule has 0 spiro atoms. The lowest BCUT2D eigenvalue weighted by Gasteiger charge is -2.09. The van der Waals surface area contributed by atoms with Gasteiger partial charge in [-0.3, -0.25) is 4.79 Å². The Bertz CT molecular complexity index is 921. The summed E-state index contributed by atoms with van der Waals surface area (Å²) in [6.07, 6.45) is 8.10. The van der Waals surface area contributed by atoms with Crippen LogP contribution in [-0.2, 0) is 6.42 Å². The maximum atomic E-state index is 10.8. The molecule has 0 saturated heterocycles. The number of rotatable bonds is 8. The fraction of sp³-hybridized carbons (Fsp3) is 0.280. The molecule has 1 aromatic carbocycles. The van der Waals surface area contributed by atoms with Crippen LogP contribution in [0.2, 0.25) is 0 Å². The number of anilines is 3. The van der Waals surface area contributed by atoms with E-state index in [-0.39, 0.29) is 0 Å². The number of benzene rings is 1. The smallest absolute Gasteiger partial charge is 0.151 e. The van der Waals surface area contributed by atoms with Crippen molar-refractivity contribution in [3.63, 3.8) is 0 Å². The van der Waals surface area contributed by atoms with E-state index >= 15 is 0 Å². The molecule has 0 unspecified atom stereocenters. The number of carbonyl (C=O) groups is 1. The number of aldehydes is 1. The molecular formula is C25H34N4O2. The number of hydrogen-bond donors (Lipinski definition) is 3. The number of hydrogen-bond acceptors (Lipinski definition) is 6. The third-order valence-corrected chi connectivity index (χ3v) is 4.22. The minimum absolute atomic E-state index is 0.588. The van der Waals surface area contributed by atoms with Crippen LogP contribution in [0.25, 0.3) is 0 Å². The van der Waals surface area contributed by atoms with Crippen molar-refractivity contribution in [1.82, 2.24) is 4.98 Å². The molecule has 3 N–H and O–H groups in total. The van der Waals surface area contributed by atoms with Crippen molar-refractivity contribution in [2.45, 2.75) is 34.1 Å². The van der Waals surface area contributed by atoms with Gasteiger partial charge in [0.1, 0.15) is 5.82 Å². The van der Waals surface area contributed by atoms with E-state index in [0.29, 0.717) is 12.0 Å². The molecule has 0 amide bonds. The van der Waals surface area contributed by atoms with Crippen LogP contribution in [0.15, 0.2) is 66.3 Å². The first-order valence-electron chi connectivity index (χ1n) is 10.5. The fourth-order valence-corrected chi connectivity index (χ4v) is 2.76. The summed E-state index contributed by atoms with van der Waals surface area (Å²) in [4.78, 5) is 15.0. The van der Waals surface area contributed by atoms with Crippen molar-refractivity contribution in [3.8, 4) is 0 Å². The Kier molecular flexibility index (Phi) is 11.9. The average Bonchev–Trinajstić information content (AvgIpc) is 3.31. The van der Waals surface area contributed by atoms with Crippen LogP contribution in [0.3, 0.4) is 0 Å². The SMILES string of the molecule is C=CNc1ccc(NC)cc1C.CC.CCNc1ncc(C=O)cc1Cc1ccoc1. The zero-order valence-corrected chi connectivity index (χ0v) is 19.2. The number of furan rings is 1. The van der Waals surface area contributed by atoms with E-state index in [2.05, 4.69) is 40.5 Å². The van der Waals surface area contributed by atoms with Crippen LogP contribution in [0.5, 0.6) is 0 Å². The molecule has 0 radical (unpaired) electrons. The number of aryl methyl sites for hydroxylation is 1. The molecule has 0 bridgehead atoms. The molecule has 6 heteroatoms. The topological polar surface area (TPSA) is 79.2 Å². The highest BCUT2D eigenvalue weighted by atomic mass is 16.3. The minimum Gasteiger partial charge on any atom is -0.472 e. The Balaban J connectivity index is 0.000000303. The summed E-state index contributed by atoms with van der Waals surface area (Å²) in [6.45, 7) is 12.5. The first-order valence-corrected chi connectivity index (χ1v) is 10.5. The summed E-state index contributed by atoms with van der Waals surface area (Å²) in [6, 6.07) is 9.90. The predicted molar refractivity (Wildman–Crippen MR) is 131 cm³/mol. The van der Waals surface area contributed by atoms with Crippen LogP contribution in [0.4, 0.5) is 17.2 Å². The molecule has 0 aliphatic rings. The van der Waals surface area contributed by atoms with Crippen molar-refractivity contribution in [3.05, 3.63) is 84.1 Å². The zero-order chi connectivity index (χ0) is 23.1. The summed E-state index contributed by atoms with van der Waals surface area (Å²) in [5.74, 6) is 0.819. The Morgan fingerprint density at radius 3 is 2.52 bits per heavy atom. The van der Waals surface area contributed by atoms with Gasteiger partial charge in [0, 0.05) is 43.1 Å². The molecule has 0 aliphatic carbocycles. The minimum atomic E-state index is 0.588. The molecule has 6 nitrogen and oxygen atoms in total. The molecule has 0 atom stereocenters. The Morgan fingerprint density at radius 1 is 1.19 bits per heavy atom. The summed E-state index contributed by atoms with van der Waals surface area (Å²) >= 11 is 0. The summed E-state index contributed by atoms with van der Waals surface area (Å²) in [5, 5.41) is 9.33. The molecular weight excluding hydrogens is 388 g/mol. The van der Waals surface area contributed by atoms with Gasteiger partial charge in [-0.25, -0.2) is 4.98 Å². The number of carbonyl (C=O) groups excluding carboxylic acids is 1. The van der Waals surface area contributed by atoms with E-state index in [1.54, 1.807) is 24.9 Å². The molecule has 0 aliphatic heterocycles. The zero-order valence-electron chi connectivity index (χ0n) is 19.2. The van der Waals surface area contributed by atoms with Gasteiger partial charge in [-0.1, -0.05) is 20.4 Å². The second-order valence-electron chi connectivity index (χ2n) is 6.36. The van der Waals surface area contributed by atoms with E-state index in [0.717, 1.165) is 41.2 Å². The van der Waals surface area contributed by atoms with Gasteiger partial charge >= 0.3 is 0 Å². The summed E-state index contributed by atoms with van der Waals surface area (Å²) in [7, 11) is 1.91. The molecule has 166 valence electrons. The van der Waals surface area contributed by atoms with Gasteiger partial charge in [0.05, 0.1) is 12.5 Å². The molecule has 0 saturated carbocycles. The number of pyridine rings is 1. The van der Waals surface area contributed by atoms with Crippen molar-refractivity contribution in [2.24, 2.45) is 0 Å². The third-order valence-electron chi connectivity index (χ3n) is 4.22. The van der Waals surface area contributed by atoms with Gasteiger partial charge < -0.3 is 20.4 Å². The highest BCUT2D eigenvalue weighted by molar-refractivity contribution is 5.75. The van der Waals surface area contributed by atoms with Crippen molar-refractivity contribution < 1.29 is 9.21 Å². The maximum absolute atomic E-state index is 10.8. The first-order chi connectivity index (χ1) is 15.1. The lowest BCUT2D eigenvalue weighted by atomic mass is 10.1. The largest absolute Gasteiger partial charge is 0.472 e. The Hall–Kier alpha value is -3.54. The molecule has 3 rings (SSSR count).